The van der Waals surface area contributed by atoms with Crippen LogP contribution in [0.25, 0.3) is 11.5 Å². The van der Waals surface area contributed by atoms with Crippen molar-refractivity contribution in [2.45, 2.75) is 11.7 Å². The number of carbonyl (C=O) groups excluding carboxylic acids is 2. The van der Waals surface area contributed by atoms with Crippen LogP contribution in [0, 0.1) is 0 Å². The standard InChI is InChI=1S/C23H17Cl4N7O2S.ClH/c24-13-5-3-6-14(25)20(13)29-18(35)11-33-10-2-1-9-17(33)22-31-32-23(34(22)28)37-12-19(36)30-21-15(26)7-4-8-16(21)27;/h1-10H,11-12H2,(H3-,28,29,30,31,35,36);1H. The number of anilines is 2. The van der Waals surface area contributed by atoms with Crippen molar-refractivity contribution in [3.63, 3.8) is 0 Å². The highest BCUT2D eigenvalue weighted by molar-refractivity contribution is 7.99. The molecule has 198 valence electrons. The Morgan fingerprint density at radius 3 is 1.97 bits per heavy atom. The molecule has 0 unspecified atom stereocenters. The molecular formula is C23H18Cl5N7O2S. The Bertz CT molecular complexity index is 1440. The Balaban J connectivity index is 0.00000400. The van der Waals surface area contributed by atoms with Gasteiger partial charge in [0.05, 0.1) is 37.2 Å². The largest absolute Gasteiger partial charge is 1.00 e. The molecule has 4 aromatic rings. The number of para-hydroxylation sites is 2. The number of carbonyl (C=O) groups is 2. The van der Waals surface area contributed by atoms with Crippen LogP contribution in [0.1, 0.15) is 0 Å². The van der Waals surface area contributed by atoms with E-state index in [0.29, 0.717) is 43.0 Å². The molecule has 15 heteroatoms. The summed E-state index contributed by atoms with van der Waals surface area (Å²) in [7, 11) is 0. The third-order valence-corrected chi connectivity index (χ3v) is 7.14. The molecule has 0 saturated heterocycles. The second-order valence-corrected chi connectivity index (χ2v) is 10.0. The Morgan fingerprint density at radius 1 is 0.842 bits per heavy atom. The molecule has 0 spiro atoms. The van der Waals surface area contributed by atoms with Gasteiger partial charge in [0.25, 0.3) is 11.6 Å². The molecule has 0 fully saturated rings. The van der Waals surface area contributed by atoms with E-state index in [1.165, 1.54) is 4.68 Å². The molecule has 2 heterocycles. The molecule has 0 saturated carbocycles. The van der Waals surface area contributed by atoms with Crippen molar-refractivity contribution in [3.8, 4) is 11.5 Å². The van der Waals surface area contributed by atoms with Crippen molar-refractivity contribution in [1.82, 2.24) is 14.9 Å². The second-order valence-electron chi connectivity index (χ2n) is 7.47. The van der Waals surface area contributed by atoms with Crippen molar-refractivity contribution in [1.29, 1.82) is 0 Å². The zero-order valence-electron chi connectivity index (χ0n) is 19.2. The molecule has 0 aliphatic heterocycles. The number of nitrogen functional groups attached to an aromatic ring is 1. The summed E-state index contributed by atoms with van der Waals surface area (Å²) in [6.45, 7) is -0.0753. The Labute approximate surface area is 248 Å². The first kappa shape index (κ1) is 29.8. The lowest BCUT2D eigenvalue weighted by atomic mass is 10.3. The van der Waals surface area contributed by atoms with Crippen LogP contribution in [0.4, 0.5) is 11.4 Å². The summed E-state index contributed by atoms with van der Waals surface area (Å²) in [5, 5.41) is 15.2. The van der Waals surface area contributed by atoms with E-state index in [0.717, 1.165) is 11.8 Å². The first-order valence-corrected chi connectivity index (χ1v) is 13.0. The van der Waals surface area contributed by atoms with Crippen LogP contribution in [0.3, 0.4) is 0 Å². The van der Waals surface area contributed by atoms with Gasteiger partial charge >= 0.3 is 0 Å². The first-order chi connectivity index (χ1) is 17.7. The van der Waals surface area contributed by atoms with Gasteiger partial charge in [0.1, 0.15) is 0 Å². The van der Waals surface area contributed by atoms with E-state index >= 15 is 0 Å². The smallest absolute Gasteiger partial charge is 0.290 e. The molecule has 0 bridgehead atoms. The van der Waals surface area contributed by atoms with Crippen LogP contribution >= 0.6 is 58.2 Å². The van der Waals surface area contributed by atoms with Gasteiger partial charge in [-0.3, -0.25) is 9.59 Å². The normalized spacial score (nSPS) is 10.5. The molecule has 2 aromatic heterocycles. The fourth-order valence-corrected chi connectivity index (χ4v) is 4.88. The lowest BCUT2D eigenvalue weighted by Gasteiger charge is -2.09. The fraction of sp³-hybridized carbons (Fsp3) is 0.0870. The summed E-state index contributed by atoms with van der Waals surface area (Å²) in [6.07, 6.45) is 1.70. The highest BCUT2D eigenvalue weighted by atomic mass is 35.5. The Morgan fingerprint density at radius 2 is 1.39 bits per heavy atom. The lowest BCUT2D eigenvalue weighted by Crippen LogP contribution is -3.00. The second kappa shape index (κ2) is 13.4. The summed E-state index contributed by atoms with van der Waals surface area (Å²) in [5.41, 5.74) is 1.18. The number of amides is 2. The quantitative estimate of drug-likeness (QED) is 0.155. The first-order valence-electron chi connectivity index (χ1n) is 10.5. The summed E-state index contributed by atoms with van der Waals surface area (Å²) < 4.78 is 2.89. The van der Waals surface area contributed by atoms with Crippen molar-refractivity contribution in [2.75, 3.05) is 22.2 Å². The van der Waals surface area contributed by atoms with Gasteiger partial charge in [-0.2, -0.15) is 4.57 Å². The molecule has 0 aliphatic carbocycles. The molecule has 4 N–H and O–H groups in total. The molecular weight excluding hydrogens is 616 g/mol. The number of pyridine rings is 1. The maximum atomic E-state index is 12.7. The van der Waals surface area contributed by atoms with Crippen LogP contribution in [0.15, 0.2) is 66.0 Å². The Hall–Kier alpha value is -2.73. The van der Waals surface area contributed by atoms with Crippen LogP contribution in [-0.2, 0) is 16.1 Å². The van der Waals surface area contributed by atoms with E-state index in [4.69, 9.17) is 52.2 Å². The van der Waals surface area contributed by atoms with Gasteiger partial charge in [0, 0.05) is 12.1 Å². The van der Waals surface area contributed by atoms with Crippen molar-refractivity contribution >= 4 is 81.4 Å². The summed E-state index contributed by atoms with van der Waals surface area (Å²) in [6, 6.07) is 15.1. The van der Waals surface area contributed by atoms with Gasteiger partial charge in [-0.1, -0.05) is 70.3 Å². The monoisotopic (exact) mass is 631 g/mol. The number of thioether (sulfide) groups is 1. The van der Waals surface area contributed by atoms with E-state index in [9.17, 15) is 9.59 Å². The van der Waals surface area contributed by atoms with E-state index in [2.05, 4.69) is 20.8 Å². The number of halogens is 5. The van der Waals surface area contributed by atoms with Gasteiger partial charge in [-0.25, -0.2) is 4.68 Å². The van der Waals surface area contributed by atoms with Crippen molar-refractivity contribution in [3.05, 3.63) is 80.9 Å². The van der Waals surface area contributed by atoms with E-state index in [1.807, 2.05) is 0 Å². The van der Waals surface area contributed by atoms with Crippen LogP contribution < -0.4 is 33.5 Å². The topological polar surface area (TPSA) is 119 Å². The fourth-order valence-electron chi connectivity index (χ4n) is 3.24. The van der Waals surface area contributed by atoms with Crippen molar-refractivity contribution in [2.24, 2.45) is 0 Å². The maximum Gasteiger partial charge on any atom is 0.290 e. The van der Waals surface area contributed by atoms with Gasteiger partial charge in [-0.05, 0) is 30.3 Å². The van der Waals surface area contributed by atoms with Crippen LogP contribution in [-0.4, -0.2) is 32.4 Å². The number of nitrogens with one attached hydrogen (secondary N) is 2. The van der Waals surface area contributed by atoms with Crippen molar-refractivity contribution < 1.29 is 26.6 Å². The van der Waals surface area contributed by atoms with Gasteiger partial charge in [-0.15, -0.1) is 10.2 Å². The maximum absolute atomic E-state index is 12.7. The summed E-state index contributed by atoms with van der Waals surface area (Å²) in [4.78, 5) is 25.2. The number of hydrogen-bond acceptors (Lipinski definition) is 6. The SMILES string of the molecule is Nn1c(SCC(=O)Nc2c(Cl)cccc2Cl)nnc1-c1cccc[n+]1CC(=O)Nc1c(Cl)cccc1Cl.[Cl-]. The molecule has 38 heavy (non-hydrogen) atoms. The minimum Gasteiger partial charge on any atom is -1.00 e. The zero-order valence-corrected chi connectivity index (χ0v) is 23.8. The third-order valence-electron chi connectivity index (χ3n) is 4.93. The predicted molar refractivity (Wildman–Crippen MR) is 147 cm³/mol. The van der Waals surface area contributed by atoms with Crippen LogP contribution in [0.5, 0.6) is 0 Å². The number of nitrogens with two attached hydrogens (primary N) is 1. The zero-order chi connectivity index (χ0) is 26.5. The van der Waals surface area contributed by atoms with Gasteiger partial charge in [0.15, 0.2) is 6.20 Å². The molecule has 0 radical (unpaired) electrons. The third kappa shape index (κ3) is 7.02. The average Bonchev–Trinajstić information content (AvgIpc) is 3.23. The molecule has 0 aliphatic rings. The lowest BCUT2D eigenvalue weighted by molar-refractivity contribution is -0.673. The highest BCUT2D eigenvalue weighted by Crippen LogP contribution is 2.31. The number of aromatic nitrogens is 4. The number of hydrogen-bond donors (Lipinski definition) is 3. The minimum absolute atomic E-state index is 0. The Kier molecular flexibility index (Phi) is 10.5. The molecule has 2 aromatic carbocycles. The van der Waals surface area contributed by atoms with Crippen LogP contribution in [0.2, 0.25) is 20.1 Å². The molecule has 4 rings (SSSR count). The number of nitrogens with zero attached hydrogens (tertiary/aromatic N) is 4. The van der Waals surface area contributed by atoms with E-state index in [-0.39, 0.29) is 41.7 Å². The highest BCUT2D eigenvalue weighted by Gasteiger charge is 2.24. The number of benzene rings is 2. The van der Waals surface area contributed by atoms with Gasteiger partial charge < -0.3 is 28.9 Å². The average molecular weight is 634 g/mol. The molecule has 9 nitrogen and oxygen atoms in total. The summed E-state index contributed by atoms with van der Waals surface area (Å²) >= 11 is 25.6. The minimum atomic E-state index is -0.361. The molecule has 2 amide bonds. The molecule has 0 atom stereocenters. The van der Waals surface area contributed by atoms with E-state index < -0.39 is 0 Å². The summed E-state index contributed by atoms with van der Waals surface area (Å²) in [5.74, 6) is 5.79. The predicted octanol–water partition coefficient (Wildman–Crippen LogP) is 1.93. The number of rotatable bonds is 8. The van der Waals surface area contributed by atoms with E-state index in [1.54, 1.807) is 65.4 Å². The van der Waals surface area contributed by atoms with Gasteiger partial charge in [0.2, 0.25) is 23.4 Å².